The van der Waals surface area contributed by atoms with Gasteiger partial charge in [0.15, 0.2) is 11.5 Å². The Morgan fingerprint density at radius 1 is 1.12 bits per heavy atom. The largest absolute Gasteiger partial charge is 0.493 e. The number of hydrogen-bond donors (Lipinski definition) is 0. The van der Waals surface area contributed by atoms with Gasteiger partial charge in [-0.05, 0) is 62.8 Å². The minimum absolute atomic E-state index is 0.643. The SMILES string of the molecule is CC=Cc1ccc(Oc2nc(C)nc3sc4c(c23)CCCC4)c(OC)c1. The van der Waals surface area contributed by atoms with E-state index >= 15 is 0 Å². The van der Waals surface area contributed by atoms with Crippen LogP contribution in [0.4, 0.5) is 0 Å². The molecule has 0 bridgehead atoms. The van der Waals surface area contributed by atoms with Gasteiger partial charge in [-0.1, -0.05) is 18.2 Å². The normalized spacial score (nSPS) is 14.0. The highest BCUT2D eigenvalue weighted by Gasteiger charge is 2.22. The Bertz CT molecular complexity index is 991. The van der Waals surface area contributed by atoms with Crippen LogP contribution in [0.1, 0.15) is 41.6 Å². The number of benzene rings is 1. The Morgan fingerprint density at radius 2 is 1.96 bits per heavy atom. The molecule has 0 atom stereocenters. The maximum absolute atomic E-state index is 6.26. The number of aryl methyl sites for hydroxylation is 3. The maximum Gasteiger partial charge on any atom is 0.231 e. The minimum atomic E-state index is 0.643. The zero-order valence-electron chi connectivity index (χ0n) is 15.3. The summed E-state index contributed by atoms with van der Waals surface area (Å²) in [6.07, 6.45) is 8.72. The summed E-state index contributed by atoms with van der Waals surface area (Å²) in [4.78, 5) is 11.7. The topological polar surface area (TPSA) is 44.2 Å². The molecular weight excluding hydrogens is 344 g/mol. The molecule has 0 spiro atoms. The number of methoxy groups -OCH3 is 1. The van der Waals surface area contributed by atoms with E-state index in [4.69, 9.17) is 9.47 Å². The second-order valence-electron chi connectivity index (χ2n) is 6.48. The first kappa shape index (κ1) is 17.0. The van der Waals surface area contributed by atoms with Crippen LogP contribution in [0.15, 0.2) is 24.3 Å². The molecular formula is C21H22N2O2S. The number of hydrogen-bond acceptors (Lipinski definition) is 5. The summed E-state index contributed by atoms with van der Waals surface area (Å²) in [7, 11) is 1.66. The highest BCUT2D eigenvalue weighted by atomic mass is 32.1. The summed E-state index contributed by atoms with van der Waals surface area (Å²) >= 11 is 1.79. The maximum atomic E-state index is 6.26. The second-order valence-corrected chi connectivity index (χ2v) is 7.56. The lowest BCUT2D eigenvalue weighted by Crippen LogP contribution is -2.00. The van der Waals surface area contributed by atoms with Gasteiger partial charge in [0.25, 0.3) is 0 Å². The third-order valence-electron chi connectivity index (χ3n) is 4.65. The minimum Gasteiger partial charge on any atom is -0.493 e. The molecule has 3 aromatic rings. The number of thiophene rings is 1. The van der Waals surface area contributed by atoms with Gasteiger partial charge in [0.1, 0.15) is 10.7 Å². The number of rotatable bonds is 4. The summed E-state index contributed by atoms with van der Waals surface area (Å²) in [5.41, 5.74) is 2.45. The van der Waals surface area contributed by atoms with Gasteiger partial charge in [-0.3, -0.25) is 0 Å². The van der Waals surface area contributed by atoms with Crippen molar-refractivity contribution < 1.29 is 9.47 Å². The van der Waals surface area contributed by atoms with Crippen LogP contribution in [0, 0.1) is 6.92 Å². The van der Waals surface area contributed by atoms with Gasteiger partial charge in [-0.25, -0.2) is 4.98 Å². The first-order valence-electron chi connectivity index (χ1n) is 8.97. The standard InChI is InChI=1S/C21H22N2O2S/c1-4-7-14-10-11-16(17(12-14)24-3)25-20-19-15-8-5-6-9-18(15)26-21(19)23-13(2)22-20/h4,7,10-12H,5-6,8-9H2,1-3H3. The van der Waals surface area contributed by atoms with Gasteiger partial charge < -0.3 is 9.47 Å². The summed E-state index contributed by atoms with van der Waals surface area (Å²) in [5, 5.41) is 1.08. The molecule has 5 heteroatoms. The van der Waals surface area contributed by atoms with Crippen molar-refractivity contribution in [1.29, 1.82) is 0 Å². The average Bonchev–Trinajstić information content (AvgIpc) is 3.01. The van der Waals surface area contributed by atoms with Crippen molar-refractivity contribution in [2.45, 2.75) is 39.5 Å². The van der Waals surface area contributed by atoms with E-state index in [1.54, 1.807) is 18.4 Å². The summed E-state index contributed by atoms with van der Waals surface area (Å²) < 4.78 is 11.8. The third kappa shape index (κ3) is 3.07. The van der Waals surface area contributed by atoms with Gasteiger partial charge in [0, 0.05) is 4.88 Å². The molecule has 0 fully saturated rings. The fraction of sp³-hybridized carbons (Fsp3) is 0.333. The molecule has 1 aliphatic rings. The van der Waals surface area contributed by atoms with Crippen LogP contribution >= 0.6 is 11.3 Å². The van der Waals surface area contributed by atoms with Crippen molar-refractivity contribution in [3.8, 4) is 17.4 Å². The number of ether oxygens (including phenoxy) is 2. The lowest BCUT2D eigenvalue weighted by Gasteiger charge is -2.14. The van der Waals surface area contributed by atoms with Gasteiger partial charge >= 0.3 is 0 Å². The van der Waals surface area contributed by atoms with E-state index < -0.39 is 0 Å². The van der Waals surface area contributed by atoms with Crippen LogP contribution in [0.2, 0.25) is 0 Å². The zero-order chi connectivity index (χ0) is 18.1. The van der Waals surface area contributed by atoms with Crippen LogP contribution in [-0.2, 0) is 12.8 Å². The molecule has 0 saturated heterocycles. The molecule has 0 saturated carbocycles. The van der Waals surface area contributed by atoms with Crippen molar-refractivity contribution in [3.63, 3.8) is 0 Å². The van der Waals surface area contributed by atoms with Crippen molar-refractivity contribution in [1.82, 2.24) is 9.97 Å². The lowest BCUT2D eigenvalue weighted by atomic mass is 9.97. The molecule has 0 radical (unpaired) electrons. The molecule has 0 amide bonds. The average molecular weight is 366 g/mol. The number of allylic oxidation sites excluding steroid dienone is 1. The fourth-order valence-corrected chi connectivity index (χ4v) is 4.77. The predicted molar refractivity (Wildman–Crippen MR) is 107 cm³/mol. The van der Waals surface area contributed by atoms with Gasteiger partial charge in [-0.2, -0.15) is 4.98 Å². The Balaban J connectivity index is 1.81. The molecule has 0 N–H and O–H groups in total. The summed E-state index contributed by atoms with van der Waals surface area (Å²) in [6.45, 7) is 3.91. The van der Waals surface area contributed by atoms with Crippen LogP contribution in [-0.4, -0.2) is 17.1 Å². The van der Waals surface area contributed by atoms with Crippen LogP contribution in [0.3, 0.4) is 0 Å². The predicted octanol–water partition coefficient (Wildman–Crippen LogP) is 5.71. The molecule has 4 nitrogen and oxygen atoms in total. The first-order chi connectivity index (χ1) is 12.7. The smallest absolute Gasteiger partial charge is 0.231 e. The van der Waals surface area contributed by atoms with Crippen molar-refractivity contribution in [2.75, 3.05) is 7.11 Å². The van der Waals surface area contributed by atoms with E-state index in [9.17, 15) is 0 Å². The Labute approximate surface area is 157 Å². The van der Waals surface area contributed by atoms with Crippen molar-refractivity contribution in [2.24, 2.45) is 0 Å². The van der Waals surface area contributed by atoms with E-state index in [2.05, 4.69) is 9.97 Å². The van der Waals surface area contributed by atoms with E-state index in [0.29, 0.717) is 17.4 Å². The van der Waals surface area contributed by atoms with Crippen LogP contribution < -0.4 is 9.47 Å². The van der Waals surface area contributed by atoms with Gasteiger partial charge in [-0.15, -0.1) is 11.3 Å². The number of fused-ring (bicyclic) bond motifs is 3. The quantitative estimate of drug-likeness (QED) is 0.593. The van der Waals surface area contributed by atoms with Gasteiger partial charge in [0.05, 0.1) is 12.5 Å². The molecule has 26 heavy (non-hydrogen) atoms. The molecule has 0 aliphatic heterocycles. The molecule has 4 rings (SSSR count). The Kier molecular flexibility index (Phi) is 4.64. The van der Waals surface area contributed by atoms with E-state index in [1.165, 1.54) is 23.3 Å². The summed E-state index contributed by atoms with van der Waals surface area (Å²) in [6, 6.07) is 5.94. The number of nitrogens with zero attached hydrogens (tertiary/aromatic N) is 2. The molecule has 2 heterocycles. The van der Waals surface area contributed by atoms with Crippen LogP contribution in [0.25, 0.3) is 16.3 Å². The zero-order valence-corrected chi connectivity index (χ0v) is 16.2. The molecule has 134 valence electrons. The van der Waals surface area contributed by atoms with Crippen LogP contribution in [0.5, 0.6) is 17.4 Å². The molecule has 0 unspecified atom stereocenters. The molecule has 2 aromatic heterocycles. The van der Waals surface area contributed by atoms with E-state index in [1.807, 2.05) is 44.2 Å². The summed E-state index contributed by atoms with van der Waals surface area (Å²) in [5.74, 6) is 2.75. The lowest BCUT2D eigenvalue weighted by molar-refractivity contribution is 0.375. The Morgan fingerprint density at radius 3 is 2.77 bits per heavy atom. The van der Waals surface area contributed by atoms with Gasteiger partial charge in [0.2, 0.25) is 5.88 Å². The molecule has 1 aromatic carbocycles. The number of aromatic nitrogens is 2. The van der Waals surface area contributed by atoms with E-state index in [0.717, 1.165) is 34.4 Å². The highest BCUT2D eigenvalue weighted by molar-refractivity contribution is 7.18. The second kappa shape index (κ2) is 7.08. The first-order valence-corrected chi connectivity index (χ1v) is 9.78. The highest BCUT2D eigenvalue weighted by Crippen LogP contribution is 2.42. The van der Waals surface area contributed by atoms with Crippen molar-refractivity contribution in [3.05, 3.63) is 46.1 Å². The van der Waals surface area contributed by atoms with E-state index in [-0.39, 0.29) is 0 Å². The Hall–Kier alpha value is -2.40. The molecule has 1 aliphatic carbocycles. The van der Waals surface area contributed by atoms with Crippen molar-refractivity contribution >= 4 is 27.6 Å². The monoisotopic (exact) mass is 366 g/mol. The third-order valence-corrected chi connectivity index (χ3v) is 5.83. The fourth-order valence-electron chi connectivity index (χ4n) is 3.47.